The van der Waals surface area contributed by atoms with Crippen LogP contribution in [0.25, 0.3) is 16.6 Å². The number of aliphatic hydroxyl groups excluding tert-OH is 1. The Kier molecular flexibility index (Phi) is 4.89. The number of hydrogen-bond acceptors (Lipinski definition) is 4. The van der Waals surface area contributed by atoms with Crippen molar-refractivity contribution in [3.8, 4) is 22.9 Å². The first-order valence-electron chi connectivity index (χ1n) is 10.3. The molecule has 5 heteroatoms. The van der Waals surface area contributed by atoms with Crippen molar-refractivity contribution in [2.24, 2.45) is 5.92 Å². The second-order valence-corrected chi connectivity index (χ2v) is 7.89. The molecule has 0 bridgehead atoms. The van der Waals surface area contributed by atoms with Crippen LogP contribution in [0.2, 0.25) is 0 Å². The van der Waals surface area contributed by atoms with Crippen LogP contribution in [0.1, 0.15) is 31.4 Å². The fourth-order valence-corrected chi connectivity index (χ4v) is 3.35. The zero-order valence-electron chi connectivity index (χ0n) is 16.9. The zero-order valence-corrected chi connectivity index (χ0v) is 16.9. The topological polar surface area (TPSA) is 56.5 Å². The van der Waals surface area contributed by atoms with E-state index in [4.69, 9.17) is 9.47 Å². The molecule has 0 spiro atoms. The molecule has 1 aliphatic carbocycles. The average Bonchev–Trinajstić information content (AvgIpc) is 3.49. The number of aromatic nitrogens is 2. The summed E-state index contributed by atoms with van der Waals surface area (Å²) in [6.07, 6.45) is 4.03. The van der Waals surface area contributed by atoms with Crippen molar-refractivity contribution < 1.29 is 14.6 Å². The SMILES string of the molecule is CC(O)c1ccc2cn(-c3ccc(Oc4cccc(OCC5CC5)c4)cc3)nc2c1. The number of fused-ring (bicyclic) bond motifs is 1. The molecule has 1 saturated carbocycles. The second kappa shape index (κ2) is 7.84. The number of ether oxygens (including phenoxy) is 2. The van der Waals surface area contributed by atoms with E-state index in [0.29, 0.717) is 0 Å². The number of benzene rings is 3. The summed E-state index contributed by atoms with van der Waals surface area (Å²) in [7, 11) is 0. The molecular weight excluding hydrogens is 376 g/mol. The summed E-state index contributed by atoms with van der Waals surface area (Å²) in [5, 5.41) is 15.4. The van der Waals surface area contributed by atoms with Gasteiger partial charge in [0.05, 0.1) is 23.9 Å². The smallest absolute Gasteiger partial charge is 0.131 e. The van der Waals surface area contributed by atoms with E-state index in [-0.39, 0.29) is 0 Å². The Morgan fingerprint density at radius 3 is 2.57 bits per heavy atom. The predicted molar refractivity (Wildman–Crippen MR) is 116 cm³/mol. The van der Waals surface area contributed by atoms with Crippen LogP contribution in [0.4, 0.5) is 0 Å². The van der Waals surface area contributed by atoms with Crippen LogP contribution in [-0.2, 0) is 0 Å². The van der Waals surface area contributed by atoms with Crippen LogP contribution in [0.5, 0.6) is 17.2 Å². The Morgan fingerprint density at radius 2 is 1.80 bits per heavy atom. The van der Waals surface area contributed by atoms with Gasteiger partial charge in [-0.15, -0.1) is 0 Å². The van der Waals surface area contributed by atoms with E-state index < -0.39 is 6.10 Å². The highest BCUT2D eigenvalue weighted by Crippen LogP contribution is 2.31. The monoisotopic (exact) mass is 400 g/mol. The molecule has 152 valence electrons. The molecule has 0 aliphatic heterocycles. The maximum Gasteiger partial charge on any atom is 0.131 e. The minimum atomic E-state index is -0.506. The molecule has 1 fully saturated rings. The third kappa shape index (κ3) is 4.16. The largest absolute Gasteiger partial charge is 0.493 e. The van der Waals surface area contributed by atoms with Crippen molar-refractivity contribution in [3.05, 3.63) is 78.5 Å². The molecule has 5 rings (SSSR count). The molecule has 1 unspecified atom stereocenters. The Hall–Kier alpha value is -3.31. The highest BCUT2D eigenvalue weighted by molar-refractivity contribution is 5.79. The molecule has 0 radical (unpaired) electrons. The van der Waals surface area contributed by atoms with Crippen molar-refractivity contribution in [2.45, 2.75) is 25.9 Å². The fourth-order valence-electron chi connectivity index (χ4n) is 3.35. The van der Waals surface area contributed by atoms with Gasteiger partial charge in [0, 0.05) is 17.6 Å². The highest BCUT2D eigenvalue weighted by Gasteiger charge is 2.21. The van der Waals surface area contributed by atoms with Gasteiger partial charge in [0.1, 0.15) is 17.2 Å². The van der Waals surface area contributed by atoms with Gasteiger partial charge in [-0.25, -0.2) is 4.68 Å². The van der Waals surface area contributed by atoms with E-state index in [0.717, 1.165) is 51.9 Å². The number of rotatable bonds is 7. The lowest BCUT2D eigenvalue weighted by molar-refractivity contribution is 0.199. The molecule has 5 nitrogen and oxygen atoms in total. The van der Waals surface area contributed by atoms with Crippen LogP contribution in [0, 0.1) is 5.92 Å². The van der Waals surface area contributed by atoms with Gasteiger partial charge in [-0.2, -0.15) is 5.10 Å². The van der Waals surface area contributed by atoms with Crippen molar-refractivity contribution in [1.29, 1.82) is 0 Å². The van der Waals surface area contributed by atoms with Crippen LogP contribution >= 0.6 is 0 Å². The lowest BCUT2D eigenvalue weighted by Crippen LogP contribution is -1.98. The van der Waals surface area contributed by atoms with Crippen molar-refractivity contribution in [1.82, 2.24) is 9.78 Å². The normalized spacial score (nSPS) is 14.6. The Labute approximate surface area is 175 Å². The number of aliphatic hydroxyl groups is 1. The van der Waals surface area contributed by atoms with E-state index in [1.54, 1.807) is 6.92 Å². The minimum absolute atomic E-state index is 0.506. The van der Waals surface area contributed by atoms with Gasteiger partial charge >= 0.3 is 0 Å². The fraction of sp³-hybridized carbons (Fsp3) is 0.240. The Bertz CT molecular complexity index is 1160. The Balaban J connectivity index is 1.30. The third-order valence-electron chi connectivity index (χ3n) is 5.34. The van der Waals surface area contributed by atoms with Gasteiger partial charge in [-0.1, -0.05) is 18.2 Å². The van der Waals surface area contributed by atoms with E-state index in [1.807, 2.05) is 77.6 Å². The highest BCUT2D eigenvalue weighted by atomic mass is 16.5. The molecule has 0 saturated heterocycles. The summed E-state index contributed by atoms with van der Waals surface area (Å²) in [5.74, 6) is 3.08. The number of nitrogens with zero attached hydrogens (tertiary/aromatic N) is 2. The van der Waals surface area contributed by atoms with Gasteiger partial charge in [-0.05, 0) is 73.7 Å². The summed E-state index contributed by atoms with van der Waals surface area (Å²) in [6.45, 7) is 2.54. The summed E-state index contributed by atoms with van der Waals surface area (Å²) >= 11 is 0. The second-order valence-electron chi connectivity index (χ2n) is 7.89. The minimum Gasteiger partial charge on any atom is -0.493 e. The van der Waals surface area contributed by atoms with Gasteiger partial charge in [0.25, 0.3) is 0 Å². The van der Waals surface area contributed by atoms with Gasteiger partial charge in [-0.3, -0.25) is 0 Å². The van der Waals surface area contributed by atoms with E-state index in [1.165, 1.54) is 12.8 Å². The molecule has 1 aliphatic rings. The van der Waals surface area contributed by atoms with Crippen LogP contribution in [0.3, 0.4) is 0 Å². The molecule has 0 amide bonds. The van der Waals surface area contributed by atoms with Crippen LogP contribution < -0.4 is 9.47 Å². The average molecular weight is 400 g/mol. The lowest BCUT2D eigenvalue weighted by atomic mass is 10.1. The van der Waals surface area contributed by atoms with Gasteiger partial charge in [0.2, 0.25) is 0 Å². The van der Waals surface area contributed by atoms with E-state index in [9.17, 15) is 5.11 Å². The zero-order chi connectivity index (χ0) is 20.5. The van der Waals surface area contributed by atoms with Crippen molar-refractivity contribution >= 4 is 10.9 Å². The summed E-state index contributed by atoms with van der Waals surface area (Å²) in [4.78, 5) is 0. The van der Waals surface area contributed by atoms with E-state index in [2.05, 4.69) is 5.10 Å². The molecule has 1 N–H and O–H groups in total. The van der Waals surface area contributed by atoms with Crippen molar-refractivity contribution in [2.75, 3.05) is 6.61 Å². The van der Waals surface area contributed by atoms with Gasteiger partial charge in [0.15, 0.2) is 0 Å². The van der Waals surface area contributed by atoms with Gasteiger partial charge < -0.3 is 14.6 Å². The molecule has 1 heterocycles. The molecule has 1 atom stereocenters. The first-order valence-corrected chi connectivity index (χ1v) is 10.3. The van der Waals surface area contributed by atoms with E-state index >= 15 is 0 Å². The summed E-state index contributed by atoms with van der Waals surface area (Å²) in [6, 6.07) is 21.4. The molecule has 4 aromatic rings. The maximum absolute atomic E-state index is 9.78. The first-order chi connectivity index (χ1) is 14.6. The molecule has 3 aromatic carbocycles. The predicted octanol–water partition coefficient (Wildman–Crippen LogP) is 5.66. The van der Waals surface area contributed by atoms with Crippen LogP contribution in [0.15, 0.2) is 72.9 Å². The summed E-state index contributed by atoms with van der Waals surface area (Å²) < 4.78 is 13.7. The first kappa shape index (κ1) is 18.7. The van der Waals surface area contributed by atoms with Crippen molar-refractivity contribution in [3.63, 3.8) is 0 Å². The third-order valence-corrected chi connectivity index (χ3v) is 5.34. The number of hydrogen-bond donors (Lipinski definition) is 1. The molecular formula is C25H24N2O3. The summed E-state index contributed by atoms with van der Waals surface area (Å²) in [5.41, 5.74) is 2.66. The Morgan fingerprint density at radius 1 is 1.00 bits per heavy atom. The standard InChI is InChI=1S/C25H24N2O3/c1-17(28)19-7-8-20-15-27(26-25(20)13-19)21-9-11-22(12-10-21)30-24-4-2-3-23(14-24)29-16-18-5-6-18/h2-4,7-15,17-18,28H,5-6,16H2,1H3. The molecule has 1 aromatic heterocycles. The molecule has 30 heavy (non-hydrogen) atoms. The maximum atomic E-state index is 9.78. The quantitative estimate of drug-likeness (QED) is 0.435. The lowest BCUT2D eigenvalue weighted by Gasteiger charge is -2.09. The van der Waals surface area contributed by atoms with Crippen LogP contribution in [-0.4, -0.2) is 21.5 Å².